The number of carboxylic acid groups (broad SMARTS) is 1. The number of aromatic carboxylic acids is 1. The van der Waals surface area contributed by atoms with Crippen molar-refractivity contribution in [3.8, 4) is 5.88 Å². The lowest BCUT2D eigenvalue weighted by Gasteiger charge is -2.04. The lowest BCUT2D eigenvalue weighted by Crippen LogP contribution is -2.16. The number of nitrogens with one attached hydrogen (secondary N) is 2. The number of carbonyl (C=O) groups is 2. The number of nitrogens with zero attached hydrogens (tertiary/aromatic N) is 1. The lowest BCUT2D eigenvalue weighted by atomic mass is 10.2. The second-order valence-electron chi connectivity index (χ2n) is 3.85. The Labute approximate surface area is 115 Å². The number of H-pyrrole nitrogens is 1. The smallest absolute Gasteiger partial charge is 0.340 e. The van der Waals surface area contributed by atoms with Crippen LogP contribution >= 0.6 is 11.5 Å². The molecule has 0 aliphatic rings. The predicted octanol–water partition coefficient (Wildman–Crippen LogP) is 0.796. The number of aromatic amines is 1. The van der Waals surface area contributed by atoms with E-state index in [-0.39, 0.29) is 21.8 Å². The van der Waals surface area contributed by atoms with Crippen LogP contribution in [-0.2, 0) is 0 Å². The zero-order valence-corrected chi connectivity index (χ0v) is 10.9. The first kappa shape index (κ1) is 13.7. The van der Waals surface area contributed by atoms with Crippen molar-refractivity contribution in [1.29, 1.82) is 0 Å². The van der Waals surface area contributed by atoms with Gasteiger partial charge in [-0.2, -0.15) is 4.37 Å². The minimum atomic E-state index is -1.21. The summed E-state index contributed by atoms with van der Waals surface area (Å²) >= 11 is 0.825. The molecule has 0 spiro atoms. The van der Waals surface area contributed by atoms with Crippen LogP contribution in [0.3, 0.4) is 0 Å². The quantitative estimate of drug-likeness (QED) is 0.662. The predicted molar refractivity (Wildman–Crippen MR) is 70.5 cm³/mol. The van der Waals surface area contributed by atoms with Gasteiger partial charge in [-0.3, -0.25) is 14.6 Å². The molecule has 0 fully saturated rings. The van der Waals surface area contributed by atoms with E-state index in [9.17, 15) is 19.5 Å². The third kappa shape index (κ3) is 2.67. The third-order valence-electron chi connectivity index (χ3n) is 2.40. The number of rotatable bonds is 3. The number of carbonyl (C=O) groups excluding carboxylic acids is 1. The first-order valence-electron chi connectivity index (χ1n) is 5.32. The number of pyridine rings is 1. The molecule has 4 N–H and O–H groups in total. The van der Waals surface area contributed by atoms with E-state index in [0.717, 1.165) is 23.7 Å². The zero-order chi connectivity index (χ0) is 14.9. The highest BCUT2D eigenvalue weighted by molar-refractivity contribution is 7.11. The van der Waals surface area contributed by atoms with Crippen molar-refractivity contribution in [2.45, 2.75) is 6.92 Å². The lowest BCUT2D eigenvalue weighted by molar-refractivity contribution is 0.0697. The summed E-state index contributed by atoms with van der Waals surface area (Å²) in [6.07, 6.45) is 0. The molecule has 0 atom stereocenters. The molecule has 0 radical (unpaired) electrons. The SMILES string of the molecule is Cc1nsc(NC(=O)c2cc(O)[nH]c(=O)c2)c1C(=O)O. The standard InChI is InChI=1S/C11H9N3O5S/c1-4-8(11(18)19)10(20-14-4)13-9(17)5-2-6(15)12-7(16)3-5/h2-3H,1H3,(H,13,17)(H,18,19)(H2,12,15,16). The second kappa shape index (κ2) is 5.13. The topological polar surface area (TPSA) is 132 Å². The molecule has 0 bridgehead atoms. The van der Waals surface area contributed by atoms with Crippen molar-refractivity contribution < 1.29 is 19.8 Å². The van der Waals surface area contributed by atoms with Gasteiger partial charge in [0.1, 0.15) is 10.6 Å². The highest BCUT2D eigenvalue weighted by atomic mass is 32.1. The van der Waals surface area contributed by atoms with Gasteiger partial charge in [0.15, 0.2) is 5.88 Å². The average Bonchev–Trinajstić information content (AvgIpc) is 2.69. The van der Waals surface area contributed by atoms with Crippen molar-refractivity contribution in [2.24, 2.45) is 0 Å². The van der Waals surface area contributed by atoms with Crippen molar-refractivity contribution in [1.82, 2.24) is 9.36 Å². The number of aromatic hydroxyl groups is 1. The fourth-order valence-electron chi connectivity index (χ4n) is 1.54. The second-order valence-corrected chi connectivity index (χ2v) is 4.62. The number of hydrogen-bond donors (Lipinski definition) is 4. The first-order valence-corrected chi connectivity index (χ1v) is 6.10. The van der Waals surface area contributed by atoms with Gasteiger partial charge in [-0.1, -0.05) is 0 Å². The van der Waals surface area contributed by atoms with Gasteiger partial charge in [-0.05, 0) is 18.5 Å². The molecule has 0 unspecified atom stereocenters. The number of amides is 1. The van der Waals surface area contributed by atoms with Crippen LogP contribution in [-0.4, -0.2) is 31.4 Å². The molecular formula is C11H9N3O5S. The van der Waals surface area contributed by atoms with Gasteiger partial charge in [-0.25, -0.2) is 4.79 Å². The molecule has 20 heavy (non-hydrogen) atoms. The first-order chi connectivity index (χ1) is 9.38. The summed E-state index contributed by atoms with van der Waals surface area (Å²) in [4.78, 5) is 36.2. The molecule has 0 aromatic carbocycles. The molecule has 2 heterocycles. The number of hydrogen-bond acceptors (Lipinski definition) is 6. The monoisotopic (exact) mass is 295 g/mol. The van der Waals surface area contributed by atoms with E-state index in [4.69, 9.17) is 5.11 Å². The molecule has 0 saturated heterocycles. The van der Waals surface area contributed by atoms with Gasteiger partial charge in [-0.15, -0.1) is 0 Å². The Morgan fingerprint density at radius 2 is 2.10 bits per heavy atom. The largest absolute Gasteiger partial charge is 0.494 e. The molecule has 2 rings (SSSR count). The summed E-state index contributed by atoms with van der Waals surface area (Å²) in [5.74, 6) is -2.38. The van der Waals surface area contributed by atoms with E-state index in [0.29, 0.717) is 0 Å². The number of aromatic nitrogens is 2. The number of aryl methyl sites for hydroxylation is 1. The van der Waals surface area contributed by atoms with Crippen LogP contribution < -0.4 is 10.9 Å². The molecular weight excluding hydrogens is 286 g/mol. The maximum absolute atomic E-state index is 11.9. The summed E-state index contributed by atoms with van der Waals surface area (Å²) < 4.78 is 3.85. The van der Waals surface area contributed by atoms with E-state index in [2.05, 4.69) is 14.7 Å². The van der Waals surface area contributed by atoms with Crippen molar-refractivity contribution in [3.63, 3.8) is 0 Å². The highest BCUT2D eigenvalue weighted by Gasteiger charge is 2.20. The fraction of sp³-hybridized carbons (Fsp3) is 0.0909. The molecule has 2 aromatic rings. The maximum atomic E-state index is 11.9. The van der Waals surface area contributed by atoms with E-state index in [1.165, 1.54) is 6.92 Å². The minimum Gasteiger partial charge on any atom is -0.494 e. The van der Waals surface area contributed by atoms with Crippen molar-refractivity contribution >= 4 is 28.4 Å². The van der Waals surface area contributed by atoms with Crippen LogP contribution in [0.1, 0.15) is 26.4 Å². The summed E-state index contributed by atoms with van der Waals surface area (Å²) in [6.45, 7) is 1.51. The Morgan fingerprint density at radius 3 is 2.70 bits per heavy atom. The van der Waals surface area contributed by atoms with Crippen molar-refractivity contribution in [3.05, 3.63) is 39.3 Å². The third-order valence-corrected chi connectivity index (χ3v) is 3.25. The Hall–Kier alpha value is -2.68. The maximum Gasteiger partial charge on any atom is 0.340 e. The van der Waals surface area contributed by atoms with Gasteiger partial charge < -0.3 is 15.5 Å². The van der Waals surface area contributed by atoms with E-state index >= 15 is 0 Å². The van der Waals surface area contributed by atoms with Crippen LogP contribution in [0.15, 0.2) is 16.9 Å². The summed E-state index contributed by atoms with van der Waals surface area (Å²) in [7, 11) is 0. The van der Waals surface area contributed by atoms with Crippen LogP contribution in [0, 0.1) is 6.92 Å². The van der Waals surface area contributed by atoms with Crippen molar-refractivity contribution in [2.75, 3.05) is 5.32 Å². The van der Waals surface area contributed by atoms with Gasteiger partial charge in [0.05, 0.1) is 11.3 Å². The number of anilines is 1. The van der Waals surface area contributed by atoms with Gasteiger partial charge >= 0.3 is 5.97 Å². The Bertz CT molecular complexity index is 749. The van der Waals surface area contributed by atoms with Crippen LogP contribution in [0.2, 0.25) is 0 Å². The molecule has 8 nitrogen and oxygen atoms in total. The molecule has 0 aliphatic heterocycles. The molecule has 104 valence electrons. The molecule has 9 heteroatoms. The van der Waals surface area contributed by atoms with Gasteiger partial charge in [0.25, 0.3) is 11.5 Å². The molecule has 0 saturated carbocycles. The van der Waals surface area contributed by atoms with Gasteiger partial charge in [0.2, 0.25) is 0 Å². The molecule has 2 aromatic heterocycles. The molecule has 1 amide bonds. The summed E-state index contributed by atoms with van der Waals surface area (Å²) in [5, 5.41) is 20.7. The van der Waals surface area contributed by atoms with E-state index < -0.39 is 23.3 Å². The van der Waals surface area contributed by atoms with Gasteiger partial charge in [0, 0.05) is 12.1 Å². The normalized spacial score (nSPS) is 10.2. The van der Waals surface area contributed by atoms with E-state index in [1.54, 1.807) is 0 Å². The summed E-state index contributed by atoms with van der Waals surface area (Å²) in [6, 6.07) is 2.05. The Balaban J connectivity index is 2.33. The average molecular weight is 295 g/mol. The summed E-state index contributed by atoms with van der Waals surface area (Å²) in [5.41, 5.74) is -0.549. The Morgan fingerprint density at radius 1 is 1.40 bits per heavy atom. The van der Waals surface area contributed by atoms with Crippen LogP contribution in [0.5, 0.6) is 5.88 Å². The van der Waals surface area contributed by atoms with E-state index in [1.807, 2.05) is 0 Å². The fourth-order valence-corrected chi connectivity index (χ4v) is 2.33. The molecule has 0 aliphatic carbocycles. The Kier molecular flexibility index (Phi) is 3.53. The van der Waals surface area contributed by atoms with Crippen LogP contribution in [0.25, 0.3) is 0 Å². The minimum absolute atomic E-state index is 0.0692. The van der Waals surface area contributed by atoms with Crippen LogP contribution in [0.4, 0.5) is 5.00 Å². The number of carboxylic acids is 1. The zero-order valence-electron chi connectivity index (χ0n) is 10.1. The highest BCUT2D eigenvalue weighted by Crippen LogP contribution is 2.25.